The van der Waals surface area contributed by atoms with Gasteiger partial charge in [0, 0.05) is 19.3 Å². The molecule has 1 unspecified atom stereocenters. The predicted octanol–water partition coefficient (Wildman–Crippen LogP) is 2.28. The average Bonchev–Trinajstić information content (AvgIpc) is 2.42. The Morgan fingerprint density at radius 2 is 2.21 bits per heavy atom. The number of rotatable bonds is 5. The van der Waals surface area contributed by atoms with Gasteiger partial charge in [0.05, 0.1) is 5.56 Å². The van der Waals surface area contributed by atoms with E-state index in [4.69, 9.17) is 16.9 Å². The van der Waals surface area contributed by atoms with Crippen LogP contribution in [0.1, 0.15) is 26.3 Å². The van der Waals surface area contributed by atoms with Crippen LogP contribution < -0.4 is 5.32 Å². The highest BCUT2D eigenvalue weighted by Crippen LogP contribution is 2.23. The van der Waals surface area contributed by atoms with E-state index in [-0.39, 0.29) is 10.9 Å². The second-order valence-electron chi connectivity index (χ2n) is 4.01. The Hall–Kier alpha value is -1.80. The van der Waals surface area contributed by atoms with E-state index in [1.54, 1.807) is 11.8 Å². The van der Waals surface area contributed by atoms with E-state index in [1.807, 2.05) is 19.9 Å². The van der Waals surface area contributed by atoms with Crippen molar-refractivity contribution in [2.45, 2.75) is 26.8 Å². The largest absolute Gasteiger partial charge is 0.357 e. The number of nitriles is 1. The lowest BCUT2D eigenvalue weighted by Crippen LogP contribution is -2.41. The lowest BCUT2D eigenvalue weighted by atomic mass is 10.2. The molecule has 0 aliphatic heterocycles. The SMILES string of the molecule is CCN(CC)C(=O)C(C)Nc1nccc(C#N)c1Cl. The summed E-state index contributed by atoms with van der Waals surface area (Å²) in [4.78, 5) is 17.9. The highest BCUT2D eigenvalue weighted by Gasteiger charge is 2.19. The number of amides is 1. The molecule has 1 aromatic rings. The molecule has 1 heterocycles. The maximum Gasteiger partial charge on any atom is 0.244 e. The second-order valence-corrected chi connectivity index (χ2v) is 4.39. The Labute approximate surface area is 118 Å². The molecule has 0 spiro atoms. The third kappa shape index (κ3) is 3.58. The normalized spacial score (nSPS) is 11.5. The van der Waals surface area contributed by atoms with Gasteiger partial charge < -0.3 is 10.2 Å². The molecule has 102 valence electrons. The molecule has 6 heteroatoms. The third-order valence-corrected chi connectivity index (χ3v) is 3.19. The standard InChI is InChI=1S/C13H17ClN4O/c1-4-18(5-2)13(19)9(3)17-12-11(14)10(8-15)6-7-16-12/h6-7,9H,4-5H2,1-3H3,(H,16,17). The molecule has 5 nitrogen and oxygen atoms in total. The molecule has 1 amide bonds. The van der Waals surface area contributed by atoms with Gasteiger partial charge in [0.15, 0.2) is 0 Å². The van der Waals surface area contributed by atoms with E-state index in [1.165, 1.54) is 12.3 Å². The number of pyridine rings is 1. The Bertz CT molecular complexity index is 494. The van der Waals surface area contributed by atoms with Gasteiger partial charge in [-0.3, -0.25) is 4.79 Å². The number of aromatic nitrogens is 1. The van der Waals surface area contributed by atoms with Crippen molar-refractivity contribution in [1.82, 2.24) is 9.88 Å². The summed E-state index contributed by atoms with van der Waals surface area (Å²) in [6.07, 6.45) is 1.49. The molecule has 1 N–H and O–H groups in total. The quantitative estimate of drug-likeness (QED) is 0.898. The van der Waals surface area contributed by atoms with Crippen LogP contribution in [-0.2, 0) is 4.79 Å². The van der Waals surface area contributed by atoms with Crippen LogP contribution in [0.5, 0.6) is 0 Å². The molecule has 0 aliphatic carbocycles. The van der Waals surface area contributed by atoms with Crippen LogP contribution in [0.3, 0.4) is 0 Å². The summed E-state index contributed by atoms with van der Waals surface area (Å²) in [5.41, 5.74) is 0.335. The van der Waals surface area contributed by atoms with Crippen molar-refractivity contribution in [2.75, 3.05) is 18.4 Å². The van der Waals surface area contributed by atoms with E-state index in [9.17, 15) is 4.79 Å². The smallest absolute Gasteiger partial charge is 0.244 e. The first-order valence-corrected chi connectivity index (χ1v) is 6.52. The minimum atomic E-state index is -0.446. The monoisotopic (exact) mass is 280 g/mol. The fraction of sp³-hybridized carbons (Fsp3) is 0.462. The number of hydrogen-bond donors (Lipinski definition) is 1. The minimum absolute atomic E-state index is 0.0229. The maximum absolute atomic E-state index is 12.1. The molecule has 0 aliphatic rings. The zero-order chi connectivity index (χ0) is 14.4. The van der Waals surface area contributed by atoms with Crippen LogP contribution in [0.25, 0.3) is 0 Å². The van der Waals surface area contributed by atoms with Crippen molar-refractivity contribution in [1.29, 1.82) is 5.26 Å². The number of hydrogen-bond acceptors (Lipinski definition) is 4. The van der Waals surface area contributed by atoms with Gasteiger partial charge in [0.1, 0.15) is 23.0 Å². The highest BCUT2D eigenvalue weighted by atomic mass is 35.5. The number of halogens is 1. The summed E-state index contributed by atoms with van der Waals surface area (Å²) >= 11 is 6.03. The lowest BCUT2D eigenvalue weighted by molar-refractivity contribution is -0.131. The van der Waals surface area contributed by atoms with Gasteiger partial charge in [-0.2, -0.15) is 5.26 Å². The lowest BCUT2D eigenvalue weighted by Gasteiger charge is -2.24. The number of nitrogens with one attached hydrogen (secondary N) is 1. The van der Waals surface area contributed by atoms with Crippen LogP contribution in [0, 0.1) is 11.3 Å². The summed E-state index contributed by atoms with van der Waals surface area (Å²) in [5, 5.41) is 12.1. The van der Waals surface area contributed by atoms with Gasteiger partial charge in [-0.1, -0.05) is 11.6 Å². The van der Waals surface area contributed by atoms with E-state index >= 15 is 0 Å². The molecule has 0 fully saturated rings. The Morgan fingerprint density at radius 1 is 1.58 bits per heavy atom. The van der Waals surface area contributed by atoms with Gasteiger partial charge in [-0.25, -0.2) is 4.98 Å². The summed E-state index contributed by atoms with van der Waals surface area (Å²) in [7, 11) is 0. The fourth-order valence-corrected chi connectivity index (χ4v) is 1.92. The van der Waals surface area contributed by atoms with Crippen molar-refractivity contribution >= 4 is 23.3 Å². The van der Waals surface area contributed by atoms with Crippen LogP contribution in [-0.4, -0.2) is 34.9 Å². The number of carbonyl (C=O) groups excluding carboxylic acids is 1. The van der Waals surface area contributed by atoms with Crippen molar-refractivity contribution in [3.05, 3.63) is 22.8 Å². The molecule has 19 heavy (non-hydrogen) atoms. The summed E-state index contributed by atoms with van der Waals surface area (Å²) in [6, 6.07) is 3.06. The summed E-state index contributed by atoms with van der Waals surface area (Å²) in [5.74, 6) is 0.332. The van der Waals surface area contributed by atoms with Gasteiger partial charge in [0.25, 0.3) is 0 Å². The van der Waals surface area contributed by atoms with Crippen molar-refractivity contribution in [2.24, 2.45) is 0 Å². The molecular weight excluding hydrogens is 264 g/mol. The van der Waals surface area contributed by atoms with Gasteiger partial charge >= 0.3 is 0 Å². The maximum atomic E-state index is 12.1. The Kier molecular flexibility index (Phi) is 5.58. The van der Waals surface area contributed by atoms with E-state index < -0.39 is 6.04 Å². The fourth-order valence-electron chi connectivity index (χ4n) is 1.71. The van der Waals surface area contributed by atoms with Crippen LogP contribution in [0.4, 0.5) is 5.82 Å². The summed E-state index contributed by atoms with van der Waals surface area (Å²) in [6.45, 7) is 6.91. The van der Waals surface area contributed by atoms with Crippen molar-refractivity contribution < 1.29 is 4.79 Å². The molecule has 0 saturated heterocycles. The molecule has 0 aromatic carbocycles. The molecular formula is C13H17ClN4O. The molecule has 1 rings (SSSR count). The molecule has 1 aromatic heterocycles. The minimum Gasteiger partial charge on any atom is -0.357 e. The first-order chi connectivity index (χ1) is 9.04. The predicted molar refractivity (Wildman–Crippen MR) is 75.0 cm³/mol. The average molecular weight is 281 g/mol. The number of anilines is 1. The number of carbonyl (C=O) groups is 1. The molecule has 0 bridgehead atoms. The molecule has 0 radical (unpaired) electrons. The third-order valence-electron chi connectivity index (χ3n) is 2.81. The summed E-state index contributed by atoms with van der Waals surface area (Å²) < 4.78 is 0. The number of nitrogens with zero attached hydrogens (tertiary/aromatic N) is 3. The van der Waals surface area contributed by atoms with E-state index in [2.05, 4.69) is 10.3 Å². The zero-order valence-corrected chi connectivity index (χ0v) is 12.0. The van der Waals surface area contributed by atoms with Gasteiger partial charge in [-0.05, 0) is 26.8 Å². The van der Waals surface area contributed by atoms with Crippen LogP contribution in [0.2, 0.25) is 5.02 Å². The van der Waals surface area contributed by atoms with Crippen LogP contribution in [0.15, 0.2) is 12.3 Å². The zero-order valence-electron chi connectivity index (χ0n) is 11.3. The first-order valence-electron chi connectivity index (χ1n) is 6.15. The van der Waals surface area contributed by atoms with Gasteiger partial charge in [-0.15, -0.1) is 0 Å². The van der Waals surface area contributed by atoms with Crippen molar-refractivity contribution in [3.63, 3.8) is 0 Å². The molecule has 0 saturated carbocycles. The van der Waals surface area contributed by atoms with Crippen molar-refractivity contribution in [3.8, 4) is 6.07 Å². The Morgan fingerprint density at radius 3 is 2.74 bits per heavy atom. The molecule has 1 atom stereocenters. The van der Waals surface area contributed by atoms with Crippen LogP contribution >= 0.6 is 11.6 Å². The van der Waals surface area contributed by atoms with E-state index in [0.29, 0.717) is 24.5 Å². The first kappa shape index (κ1) is 15.3. The number of likely N-dealkylation sites (N-methyl/N-ethyl adjacent to an activating group) is 1. The highest BCUT2D eigenvalue weighted by molar-refractivity contribution is 6.34. The van der Waals surface area contributed by atoms with E-state index in [0.717, 1.165) is 0 Å². The van der Waals surface area contributed by atoms with Gasteiger partial charge in [0.2, 0.25) is 5.91 Å². The Balaban J connectivity index is 2.86. The topological polar surface area (TPSA) is 69.0 Å². The second kappa shape index (κ2) is 6.95.